The Balaban J connectivity index is 1.72. The van der Waals surface area contributed by atoms with Crippen molar-refractivity contribution in [3.8, 4) is 0 Å². The van der Waals surface area contributed by atoms with E-state index in [1.165, 1.54) is 0 Å². The van der Waals surface area contributed by atoms with Gasteiger partial charge in [-0.2, -0.15) is 0 Å². The van der Waals surface area contributed by atoms with Gasteiger partial charge in [0.25, 0.3) is 0 Å². The van der Waals surface area contributed by atoms with Crippen LogP contribution in [0.15, 0.2) is 35.0 Å². The molecule has 0 amide bonds. The van der Waals surface area contributed by atoms with E-state index in [0.29, 0.717) is 33.3 Å². The molecule has 21 heavy (non-hydrogen) atoms. The number of benzene rings is 2. The predicted molar refractivity (Wildman–Crippen MR) is 84.9 cm³/mol. The van der Waals surface area contributed by atoms with Gasteiger partial charge in [-0.3, -0.25) is 0 Å². The summed E-state index contributed by atoms with van der Waals surface area (Å²) >= 11 is 12.0. The second kappa shape index (κ2) is 5.79. The zero-order valence-electron chi connectivity index (χ0n) is 10.9. The predicted octanol–water partition coefficient (Wildman–Crippen LogP) is 3.77. The van der Waals surface area contributed by atoms with Crippen LogP contribution in [0, 0.1) is 0 Å². The largest absolute Gasteiger partial charge is 0.397 e. The van der Waals surface area contributed by atoms with E-state index in [4.69, 9.17) is 33.6 Å². The molecular weight excluding hydrogens is 311 g/mol. The Hall–Kier alpha value is -1.98. The molecule has 0 saturated heterocycles. The van der Waals surface area contributed by atoms with Crippen LogP contribution in [0.1, 0.15) is 5.56 Å². The number of rotatable bonds is 4. The van der Waals surface area contributed by atoms with Crippen molar-refractivity contribution >= 4 is 45.6 Å². The van der Waals surface area contributed by atoms with Gasteiger partial charge in [0.05, 0.1) is 11.4 Å². The molecule has 3 N–H and O–H groups in total. The lowest BCUT2D eigenvalue weighted by Crippen LogP contribution is -2.06. The minimum Gasteiger partial charge on any atom is -0.397 e. The summed E-state index contributed by atoms with van der Waals surface area (Å²) < 4.78 is 4.73. The van der Waals surface area contributed by atoms with Crippen molar-refractivity contribution in [1.82, 2.24) is 10.3 Å². The number of hydrogen-bond donors (Lipinski definition) is 2. The second-order valence-electron chi connectivity index (χ2n) is 4.58. The minimum atomic E-state index is 0.539. The van der Waals surface area contributed by atoms with Crippen LogP contribution >= 0.6 is 23.2 Å². The van der Waals surface area contributed by atoms with Crippen LogP contribution < -0.4 is 11.1 Å². The zero-order chi connectivity index (χ0) is 14.8. The molecule has 3 rings (SSSR count). The van der Waals surface area contributed by atoms with E-state index in [1.54, 1.807) is 12.1 Å². The monoisotopic (exact) mass is 322 g/mol. The van der Waals surface area contributed by atoms with E-state index in [2.05, 4.69) is 15.6 Å². The maximum Gasteiger partial charge on any atom is 0.160 e. The van der Waals surface area contributed by atoms with Crippen LogP contribution in [-0.4, -0.2) is 16.9 Å². The lowest BCUT2D eigenvalue weighted by molar-refractivity contribution is 0.316. The lowest BCUT2D eigenvalue weighted by atomic mass is 10.1. The fraction of sp³-hybridized carbons (Fsp3) is 0.143. The summed E-state index contributed by atoms with van der Waals surface area (Å²) in [4.78, 5) is 0. The summed E-state index contributed by atoms with van der Waals surface area (Å²) in [5.41, 5.74) is 9.38. The Morgan fingerprint density at radius 3 is 2.71 bits per heavy atom. The molecule has 0 bridgehead atoms. The van der Waals surface area contributed by atoms with E-state index in [-0.39, 0.29) is 0 Å². The van der Waals surface area contributed by atoms with Crippen LogP contribution in [0.5, 0.6) is 0 Å². The van der Waals surface area contributed by atoms with Gasteiger partial charge in [0.2, 0.25) is 0 Å². The van der Waals surface area contributed by atoms with E-state index in [0.717, 1.165) is 17.7 Å². The third kappa shape index (κ3) is 2.89. The van der Waals surface area contributed by atoms with Gasteiger partial charge in [0.15, 0.2) is 11.0 Å². The molecule has 0 atom stereocenters. The highest BCUT2D eigenvalue weighted by molar-refractivity contribution is 6.35. The number of nitrogen functional groups attached to an aromatic ring is 1. The van der Waals surface area contributed by atoms with Crippen molar-refractivity contribution in [2.75, 3.05) is 17.6 Å². The third-order valence-corrected chi connectivity index (χ3v) is 3.76. The fourth-order valence-electron chi connectivity index (χ4n) is 2.08. The molecule has 108 valence electrons. The normalized spacial score (nSPS) is 11.0. The van der Waals surface area contributed by atoms with E-state index in [9.17, 15) is 0 Å². The third-order valence-electron chi connectivity index (χ3n) is 3.17. The van der Waals surface area contributed by atoms with Crippen molar-refractivity contribution in [3.05, 3.63) is 45.9 Å². The molecule has 0 saturated carbocycles. The first-order chi connectivity index (χ1) is 10.1. The summed E-state index contributed by atoms with van der Waals surface area (Å²) in [6, 6.07) is 9.10. The van der Waals surface area contributed by atoms with Crippen LogP contribution in [0.3, 0.4) is 0 Å². The molecule has 1 aromatic heterocycles. The number of halogens is 2. The molecule has 0 aliphatic carbocycles. The summed E-state index contributed by atoms with van der Waals surface area (Å²) in [5, 5.41) is 12.2. The molecule has 0 radical (unpaired) electrons. The first kappa shape index (κ1) is 14.0. The maximum absolute atomic E-state index is 6.14. The number of anilines is 2. The molecule has 7 heteroatoms. The van der Waals surface area contributed by atoms with Gasteiger partial charge in [-0.1, -0.05) is 29.3 Å². The SMILES string of the molecule is Nc1ccc(NCCc2ccc(Cl)cc2Cl)c2nonc12. The highest BCUT2D eigenvalue weighted by Crippen LogP contribution is 2.25. The quantitative estimate of drug-likeness (QED) is 0.715. The van der Waals surface area contributed by atoms with Crippen molar-refractivity contribution in [2.24, 2.45) is 0 Å². The van der Waals surface area contributed by atoms with E-state index >= 15 is 0 Å². The van der Waals surface area contributed by atoms with Gasteiger partial charge in [0, 0.05) is 16.6 Å². The molecule has 3 aromatic rings. The van der Waals surface area contributed by atoms with Gasteiger partial charge in [-0.05, 0) is 46.6 Å². The summed E-state index contributed by atoms with van der Waals surface area (Å²) in [6.45, 7) is 0.688. The van der Waals surface area contributed by atoms with Crippen LogP contribution in [0.4, 0.5) is 11.4 Å². The maximum atomic E-state index is 6.14. The van der Waals surface area contributed by atoms with Crippen molar-refractivity contribution < 1.29 is 4.63 Å². The fourth-order valence-corrected chi connectivity index (χ4v) is 2.59. The molecule has 0 spiro atoms. The Morgan fingerprint density at radius 1 is 1.10 bits per heavy atom. The number of aromatic nitrogens is 2. The molecule has 1 heterocycles. The number of hydrogen-bond acceptors (Lipinski definition) is 5. The van der Waals surface area contributed by atoms with Gasteiger partial charge in [-0.15, -0.1) is 0 Å². The standard InChI is InChI=1S/C14H12Cl2N4O/c15-9-2-1-8(10(16)7-9)5-6-18-12-4-3-11(17)13-14(12)20-21-19-13/h1-4,7,18H,5-6,17H2. The Kier molecular flexibility index (Phi) is 3.86. The topological polar surface area (TPSA) is 77.0 Å². The Morgan fingerprint density at radius 2 is 1.90 bits per heavy atom. The lowest BCUT2D eigenvalue weighted by Gasteiger charge is -2.08. The first-order valence-corrected chi connectivity index (χ1v) is 7.09. The van der Waals surface area contributed by atoms with Crippen LogP contribution in [0.2, 0.25) is 10.0 Å². The molecule has 0 fully saturated rings. The highest BCUT2D eigenvalue weighted by Gasteiger charge is 2.09. The average Bonchev–Trinajstić information content (AvgIpc) is 2.94. The summed E-state index contributed by atoms with van der Waals surface area (Å²) in [5.74, 6) is 0. The average molecular weight is 323 g/mol. The zero-order valence-corrected chi connectivity index (χ0v) is 12.4. The van der Waals surface area contributed by atoms with Crippen molar-refractivity contribution in [1.29, 1.82) is 0 Å². The molecular formula is C14H12Cl2N4O. The highest BCUT2D eigenvalue weighted by atomic mass is 35.5. The molecule has 5 nitrogen and oxygen atoms in total. The molecule has 0 aliphatic heterocycles. The number of fused-ring (bicyclic) bond motifs is 1. The smallest absolute Gasteiger partial charge is 0.160 e. The molecule has 0 unspecified atom stereocenters. The molecule has 2 aromatic carbocycles. The first-order valence-electron chi connectivity index (χ1n) is 6.33. The van der Waals surface area contributed by atoms with Gasteiger partial charge < -0.3 is 11.1 Å². The second-order valence-corrected chi connectivity index (χ2v) is 5.42. The molecule has 0 aliphatic rings. The van der Waals surface area contributed by atoms with Gasteiger partial charge >= 0.3 is 0 Å². The van der Waals surface area contributed by atoms with E-state index < -0.39 is 0 Å². The van der Waals surface area contributed by atoms with Gasteiger partial charge in [0.1, 0.15) is 0 Å². The van der Waals surface area contributed by atoms with Crippen molar-refractivity contribution in [2.45, 2.75) is 6.42 Å². The van der Waals surface area contributed by atoms with Crippen molar-refractivity contribution in [3.63, 3.8) is 0 Å². The Bertz CT molecular complexity index is 788. The van der Waals surface area contributed by atoms with Gasteiger partial charge in [-0.25, -0.2) is 4.63 Å². The minimum absolute atomic E-state index is 0.539. The Labute approximate surface area is 131 Å². The number of nitrogens with one attached hydrogen (secondary N) is 1. The summed E-state index contributed by atoms with van der Waals surface area (Å²) in [6.07, 6.45) is 0.757. The summed E-state index contributed by atoms with van der Waals surface area (Å²) in [7, 11) is 0. The van der Waals surface area contributed by atoms with E-state index in [1.807, 2.05) is 18.2 Å². The number of nitrogens with zero attached hydrogens (tertiary/aromatic N) is 2. The van der Waals surface area contributed by atoms with Crippen LogP contribution in [0.25, 0.3) is 11.0 Å². The van der Waals surface area contributed by atoms with Crippen LogP contribution in [-0.2, 0) is 6.42 Å². The number of nitrogens with two attached hydrogens (primary N) is 1.